The second kappa shape index (κ2) is 6.86. The summed E-state index contributed by atoms with van der Waals surface area (Å²) in [5.41, 5.74) is 0.581. The lowest BCUT2D eigenvalue weighted by Crippen LogP contribution is -2.54. The quantitative estimate of drug-likeness (QED) is 0.905. The van der Waals surface area contributed by atoms with Crippen molar-refractivity contribution in [3.05, 3.63) is 24.3 Å². The SMILES string of the molecule is COc1cc2c(NCCN3CCOCC3(C)C)ncnc2cc1F. The molecule has 0 radical (unpaired) electrons. The van der Waals surface area contributed by atoms with Crippen LogP contribution in [0.25, 0.3) is 10.9 Å². The number of halogens is 1. The molecule has 1 aliphatic rings. The molecule has 3 rings (SSSR count). The molecule has 24 heavy (non-hydrogen) atoms. The van der Waals surface area contributed by atoms with Gasteiger partial charge >= 0.3 is 0 Å². The largest absolute Gasteiger partial charge is 0.494 e. The molecular weight excluding hydrogens is 311 g/mol. The van der Waals surface area contributed by atoms with Crippen LogP contribution in [0.4, 0.5) is 10.2 Å². The maximum absolute atomic E-state index is 13.8. The van der Waals surface area contributed by atoms with Crippen molar-refractivity contribution in [2.75, 3.05) is 45.3 Å². The lowest BCUT2D eigenvalue weighted by atomic mass is 10.0. The highest BCUT2D eigenvalue weighted by molar-refractivity contribution is 5.90. The van der Waals surface area contributed by atoms with Crippen LogP contribution in [0.15, 0.2) is 18.5 Å². The molecule has 130 valence electrons. The normalized spacial score (nSPS) is 17.8. The van der Waals surface area contributed by atoms with E-state index >= 15 is 0 Å². The molecule has 1 fully saturated rings. The van der Waals surface area contributed by atoms with Gasteiger partial charge in [0.15, 0.2) is 11.6 Å². The monoisotopic (exact) mass is 334 g/mol. The first kappa shape index (κ1) is 16.9. The zero-order chi connectivity index (χ0) is 17.2. The van der Waals surface area contributed by atoms with Crippen molar-refractivity contribution in [3.63, 3.8) is 0 Å². The Morgan fingerprint density at radius 1 is 1.38 bits per heavy atom. The molecule has 0 spiro atoms. The Kier molecular flexibility index (Phi) is 4.82. The number of ether oxygens (including phenoxy) is 2. The van der Waals surface area contributed by atoms with Crippen LogP contribution in [0.1, 0.15) is 13.8 Å². The van der Waals surface area contributed by atoms with Gasteiger partial charge in [0.05, 0.1) is 25.8 Å². The van der Waals surface area contributed by atoms with Crippen molar-refractivity contribution in [2.24, 2.45) is 0 Å². The third-order valence-corrected chi connectivity index (χ3v) is 4.40. The zero-order valence-corrected chi connectivity index (χ0v) is 14.3. The minimum Gasteiger partial charge on any atom is -0.494 e. The average Bonchev–Trinajstić information content (AvgIpc) is 2.55. The number of aromatic nitrogens is 2. The smallest absolute Gasteiger partial charge is 0.167 e. The molecule has 7 heteroatoms. The van der Waals surface area contributed by atoms with Crippen molar-refractivity contribution in [2.45, 2.75) is 19.4 Å². The zero-order valence-electron chi connectivity index (χ0n) is 14.3. The second-order valence-electron chi connectivity index (χ2n) is 6.51. The van der Waals surface area contributed by atoms with Crippen molar-refractivity contribution in [1.29, 1.82) is 0 Å². The fourth-order valence-corrected chi connectivity index (χ4v) is 2.97. The molecule has 0 saturated carbocycles. The van der Waals surface area contributed by atoms with Crippen LogP contribution in [0.2, 0.25) is 0 Å². The first-order valence-electron chi connectivity index (χ1n) is 8.06. The molecule has 1 aromatic heterocycles. The maximum Gasteiger partial charge on any atom is 0.167 e. The van der Waals surface area contributed by atoms with E-state index in [1.54, 1.807) is 6.07 Å². The Bertz CT molecular complexity index is 723. The Balaban J connectivity index is 1.73. The first-order valence-corrected chi connectivity index (χ1v) is 8.06. The van der Waals surface area contributed by atoms with Crippen LogP contribution >= 0.6 is 0 Å². The number of benzene rings is 1. The van der Waals surface area contributed by atoms with E-state index in [4.69, 9.17) is 9.47 Å². The van der Waals surface area contributed by atoms with E-state index < -0.39 is 5.82 Å². The summed E-state index contributed by atoms with van der Waals surface area (Å²) in [7, 11) is 1.45. The highest BCUT2D eigenvalue weighted by atomic mass is 19.1. The molecule has 0 amide bonds. The third kappa shape index (κ3) is 3.42. The van der Waals surface area contributed by atoms with Crippen molar-refractivity contribution >= 4 is 16.7 Å². The molecule has 1 aromatic carbocycles. The Morgan fingerprint density at radius 2 is 2.21 bits per heavy atom. The van der Waals surface area contributed by atoms with E-state index in [0.717, 1.165) is 38.2 Å². The predicted molar refractivity (Wildman–Crippen MR) is 91.0 cm³/mol. The van der Waals surface area contributed by atoms with Crippen LogP contribution in [-0.4, -0.2) is 60.4 Å². The van der Waals surface area contributed by atoms with Crippen LogP contribution in [-0.2, 0) is 4.74 Å². The number of nitrogens with one attached hydrogen (secondary N) is 1. The third-order valence-electron chi connectivity index (χ3n) is 4.40. The molecule has 0 bridgehead atoms. The number of hydrogen-bond donors (Lipinski definition) is 1. The highest BCUT2D eigenvalue weighted by Gasteiger charge is 2.29. The summed E-state index contributed by atoms with van der Waals surface area (Å²) in [4.78, 5) is 10.8. The minimum absolute atomic E-state index is 0.0278. The van der Waals surface area contributed by atoms with Gasteiger partial charge in [0.2, 0.25) is 0 Å². The van der Waals surface area contributed by atoms with Crippen molar-refractivity contribution < 1.29 is 13.9 Å². The number of hydrogen-bond acceptors (Lipinski definition) is 6. The van der Waals surface area contributed by atoms with Crippen LogP contribution in [0.5, 0.6) is 5.75 Å². The number of rotatable bonds is 5. The summed E-state index contributed by atoms with van der Waals surface area (Å²) in [6.07, 6.45) is 1.44. The number of morpholine rings is 1. The van der Waals surface area contributed by atoms with Gasteiger partial charge in [0.25, 0.3) is 0 Å². The lowest BCUT2D eigenvalue weighted by molar-refractivity contribution is -0.0487. The summed E-state index contributed by atoms with van der Waals surface area (Å²) in [5, 5.41) is 4.08. The molecule has 1 aliphatic heterocycles. The topological polar surface area (TPSA) is 59.5 Å². The fourth-order valence-electron chi connectivity index (χ4n) is 2.97. The maximum atomic E-state index is 13.8. The molecule has 0 aliphatic carbocycles. The van der Waals surface area contributed by atoms with Gasteiger partial charge in [-0.25, -0.2) is 14.4 Å². The molecule has 2 aromatic rings. The summed E-state index contributed by atoms with van der Waals surface area (Å²) < 4.78 is 24.4. The fraction of sp³-hybridized carbons (Fsp3) is 0.529. The molecule has 1 N–H and O–H groups in total. The first-order chi connectivity index (χ1) is 11.5. The van der Waals surface area contributed by atoms with Gasteiger partial charge in [0.1, 0.15) is 12.1 Å². The number of nitrogens with zero attached hydrogens (tertiary/aromatic N) is 3. The van der Waals surface area contributed by atoms with E-state index in [-0.39, 0.29) is 11.3 Å². The average molecular weight is 334 g/mol. The summed E-state index contributed by atoms with van der Waals surface area (Å²) in [6.45, 7) is 8.38. The number of anilines is 1. The molecule has 1 saturated heterocycles. The summed E-state index contributed by atoms with van der Waals surface area (Å²) in [5.74, 6) is 0.448. The summed E-state index contributed by atoms with van der Waals surface area (Å²) in [6, 6.07) is 3.00. The lowest BCUT2D eigenvalue weighted by Gasteiger charge is -2.42. The van der Waals surface area contributed by atoms with Gasteiger partial charge in [-0.3, -0.25) is 4.90 Å². The van der Waals surface area contributed by atoms with E-state index in [1.807, 2.05) is 0 Å². The van der Waals surface area contributed by atoms with Gasteiger partial charge in [-0.2, -0.15) is 0 Å². The van der Waals surface area contributed by atoms with Crippen molar-refractivity contribution in [3.8, 4) is 5.75 Å². The molecule has 0 atom stereocenters. The van der Waals surface area contributed by atoms with Gasteiger partial charge in [0, 0.05) is 36.6 Å². The van der Waals surface area contributed by atoms with Crippen molar-refractivity contribution in [1.82, 2.24) is 14.9 Å². The molecule has 2 heterocycles. The van der Waals surface area contributed by atoms with E-state index in [2.05, 4.69) is 34.0 Å². The van der Waals surface area contributed by atoms with Crippen LogP contribution in [0.3, 0.4) is 0 Å². The molecule has 0 unspecified atom stereocenters. The van der Waals surface area contributed by atoms with Gasteiger partial charge < -0.3 is 14.8 Å². The second-order valence-corrected chi connectivity index (χ2v) is 6.51. The number of methoxy groups -OCH3 is 1. The van der Waals surface area contributed by atoms with Crippen LogP contribution in [0, 0.1) is 5.82 Å². The Hall–Kier alpha value is -1.99. The summed E-state index contributed by atoms with van der Waals surface area (Å²) >= 11 is 0. The Labute approximate surface area is 141 Å². The van der Waals surface area contributed by atoms with Gasteiger partial charge in [-0.05, 0) is 19.9 Å². The van der Waals surface area contributed by atoms with Crippen LogP contribution < -0.4 is 10.1 Å². The number of fused-ring (bicyclic) bond motifs is 1. The molecule has 6 nitrogen and oxygen atoms in total. The van der Waals surface area contributed by atoms with Gasteiger partial charge in [-0.1, -0.05) is 0 Å². The standard InChI is InChI=1S/C17H23FN4O2/c1-17(2)10-24-7-6-22(17)5-4-19-16-12-8-15(23-3)13(18)9-14(12)20-11-21-16/h8-9,11H,4-7,10H2,1-3H3,(H,19,20,21). The Morgan fingerprint density at radius 3 is 2.96 bits per heavy atom. The van der Waals surface area contributed by atoms with E-state index in [1.165, 1.54) is 19.5 Å². The van der Waals surface area contributed by atoms with E-state index in [9.17, 15) is 4.39 Å². The highest BCUT2D eigenvalue weighted by Crippen LogP contribution is 2.27. The predicted octanol–water partition coefficient (Wildman–Crippen LogP) is 2.30. The minimum atomic E-state index is -0.426. The van der Waals surface area contributed by atoms with E-state index in [0.29, 0.717) is 11.3 Å². The van der Waals surface area contributed by atoms with Gasteiger partial charge in [-0.15, -0.1) is 0 Å². The molecular formula is C17H23FN4O2.